The lowest BCUT2D eigenvalue weighted by atomic mass is 10.0. The smallest absolute Gasteiger partial charge is 0.307 e. The number of carbonyl (C=O) groups excluding carboxylic acids is 2. The highest BCUT2D eigenvalue weighted by atomic mass is 16.5. The van der Waals surface area contributed by atoms with Crippen LogP contribution in [0.1, 0.15) is 80.6 Å². The topological polar surface area (TPSA) is 73.9 Å². The van der Waals surface area contributed by atoms with Gasteiger partial charge in [-0.15, -0.1) is 0 Å². The van der Waals surface area contributed by atoms with Gasteiger partial charge in [0.25, 0.3) is 5.91 Å². The van der Waals surface area contributed by atoms with Crippen molar-refractivity contribution < 1.29 is 23.8 Å². The third-order valence-corrected chi connectivity index (χ3v) is 5.78. The van der Waals surface area contributed by atoms with Crippen molar-refractivity contribution in [3.05, 3.63) is 59.7 Å². The molecule has 1 N–H and O–H groups in total. The van der Waals surface area contributed by atoms with Gasteiger partial charge in [-0.25, -0.2) is 0 Å². The van der Waals surface area contributed by atoms with Gasteiger partial charge in [0.1, 0.15) is 11.5 Å². The van der Waals surface area contributed by atoms with E-state index in [1.165, 1.54) is 38.4 Å². The van der Waals surface area contributed by atoms with E-state index in [4.69, 9.17) is 9.47 Å². The fraction of sp³-hybridized carbons (Fsp3) is 0.517. The molecule has 6 nitrogen and oxygen atoms in total. The third-order valence-electron chi connectivity index (χ3n) is 5.78. The summed E-state index contributed by atoms with van der Waals surface area (Å²) in [4.78, 5) is 23.2. The molecule has 0 saturated heterocycles. The molecule has 192 valence electrons. The van der Waals surface area contributed by atoms with Crippen molar-refractivity contribution in [3.8, 4) is 11.5 Å². The standard InChI is InChI=1S/C29H41NO5/c1-3-4-9-22-34-26-16-18-27(19-17-26)35-23-10-7-5-6-8-11-24-12-14-25(15-13-24)29(32)30-21-20-28(31)33-2/h12-19H,3-11,20-23H2,1-2H3,(H,30,32). The molecule has 0 aliphatic carbocycles. The van der Waals surface area contributed by atoms with Crippen LogP contribution in [-0.4, -0.2) is 38.7 Å². The maximum atomic E-state index is 12.1. The van der Waals surface area contributed by atoms with Gasteiger partial charge in [0.2, 0.25) is 0 Å². The van der Waals surface area contributed by atoms with E-state index in [2.05, 4.69) is 17.0 Å². The first kappa shape index (κ1) is 28.2. The average molecular weight is 484 g/mol. The Balaban J connectivity index is 1.50. The molecule has 6 heteroatoms. The molecule has 0 fully saturated rings. The minimum Gasteiger partial charge on any atom is -0.494 e. The van der Waals surface area contributed by atoms with Crippen molar-refractivity contribution in [1.82, 2.24) is 5.32 Å². The van der Waals surface area contributed by atoms with Crippen molar-refractivity contribution in [1.29, 1.82) is 0 Å². The van der Waals surface area contributed by atoms with Gasteiger partial charge in [0, 0.05) is 12.1 Å². The van der Waals surface area contributed by atoms with Crippen LogP contribution in [0.4, 0.5) is 0 Å². The molecule has 0 saturated carbocycles. The van der Waals surface area contributed by atoms with E-state index in [9.17, 15) is 9.59 Å². The summed E-state index contributed by atoms with van der Waals surface area (Å²) < 4.78 is 16.1. The summed E-state index contributed by atoms with van der Waals surface area (Å²) in [6.45, 7) is 3.98. The molecule has 2 rings (SSSR count). The first-order valence-electron chi connectivity index (χ1n) is 12.9. The maximum Gasteiger partial charge on any atom is 0.307 e. The molecule has 0 aromatic heterocycles. The van der Waals surface area contributed by atoms with Crippen molar-refractivity contribution in [2.45, 2.75) is 71.1 Å². The Morgan fingerprint density at radius 1 is 0.743 bits per heavy atom. The Kier molecular flexibility index (Phi) is 14.0. The summed E-state index contributed by atoms with van der Waals surface area (Å²) in [5.41, 5.74) is 1.84. The molecule has 2 aromatic carbocycles. The molecule has 0 radical (unpaired) electrons. The van der Waals surface area contributed by atoms with Gasteiger partial charge in [-0.05, 0) is 67.6 Å². The predicted molar refractivity (Wildman–Crippen MR) is 139 cm³/mol. The van der Waals surface area contributed by atoms with Crippen LogP contribution in [0, 0.1) is 0 Å². The Hall–Kier alpha value is -3.02. The highest BCUT2D eigenvalue weighted by molar-refractivity contribution is 5.94. The molecule has 0 atom stereocenters. The number of rotatable bonds is 18. The number of hydrogen-bond acceptors (Lipinski definition) is 5. The molecule has 0 spiro atoms. The summed E-state index contributed by atoms with van der Waals surface area (Å²) in [6, 6.07) is 15.6. The van der Waals surface area contributed by atoms with Crippen LogP contribution in [0.3, 0.4) is 0 Å². The van der Waals surface area contributed by atoms with Crippen molar-refractivity contribution >= 4 is 11.9 Å². The SMILES string of the molecule is CCCCCOc1ccc(OCCCCCCCc2ccc(C(=O)NCCC(=O)OC)cc2)cc1. The number of ether oxygens (including phenoxy) is 3. The fourth-order valence-electron chi connectivity index (χ4n) is 3.63. The fourth-order valence-corrected chi connectivity index (χ4v) is 3.63. The number of amides is 1. The molecule has 0 heterocycles. The lowest BCUT2D eigenvalue weighted by Crippen LogP contribution is -2.26. The van der Waals surface area contributed by atoms with Crippen LogP contribution in [0.2, 0.25) is 0 Å². The highest BCUT2D eigenvalue weighted by Gasteiger charge is 2.07. The first-order valence-corrected chi connectivity index (χ1v) is 12.9. The van der Waals surface area contributed by atoms with Crippen LogP contribution >= 0.6 is 0 Å². The number of esters is 1. The van der Waals surface area contributed by atoms with Crippen molar-refractivity contribution in [2.24, 2.45) is 0 Å². The van der Waals surface area contributed by atoms with Gasteiger partial charge in [-0.2, -0.15) is 0 Å². The average Bonchev–Trinajstić information content (AvgIpc) is 2.89. The predicted octanol–water partition coefficient (Wildman–Crippen LogP) is 6.12. The van der Waals surface area contributed by atoms with Crippen LogP contribution in [-0.2, 0) is 16.0 Å². The second-order valence-corrected chi connectivity index (χ2v) is 8.67. The Morgan fingerprint density at radius 2 is 1.31 bits per heavy atom. The van der Waals surface area contributed by atoms with E-state index in [-0.39, 0.29) is 24.8 Å². The lowest BCUT2D eigenvalue weighted by Gasteiger charge is -2.09. The van der Waals surface area contributed by atoms with Crippen LogP contribution in [0.15, 0.2) is 48.5 Å². The summed E-state index contributed by atoms with van der Waals surface area (Å²) in [6.07, 6.45) is 10.4. The van der Waals surface area contributed by atoms with E-state index in [1.807, 2.05) is 48.5 Å². The summed E-state index contributed by atoms with van der Waals surface area (Å²) in [7, 11) is 1.34. The van der Waals surface area contributed by atoms with Crippen LogP contribution in [0.5, 0.6) is 11.5 Å². The number of aryl methyl sites for hydroxylation is 1. The first-order chi connectivity index (χ1) is 17.1. The summed E-state index contributed by atoms with van der Waals surface area (Å²) >= 11 is 0. The summed E-state index contributed by atoms with van der Waals surface area (Å²) in [5, 5.41) is 2.73. The monoisotopic (exact) mass is 483 g/mol. The molecular formula is C29H41NO5. The zero-order chi connectivity index (χ0) is 25.1. The van der Waals surface area contributed by atoms with E-state index >= 15 is 0 Å². The Morgan fingerprint density at radius 3 is 1.91 bits per heavy atom. The van der Waals surface area contributed by atoms with Crippen LogP contribution < -0.4 is 14.8 Å². The molecule has 0 aliphatic rings. The van der Waals surface area contributed by atoms with E-state index < -0.39 is 0 Å². The minimum absolute atomic E-state index is 0.172. The van der Waals surface area contributed by atoms with Gasteiger partial charge < -0.3 is 19.5 Å². The Bertz CT molecular complexity index is 848. The van der Waals surface area contributed by atoms with Crippen molar-refractivity contribution in [2.75, 3.05) is 26.9 Å². The largest absolute Gasteiger partial charge is 0.494 e. The molecule has 0 bridgehead atoms. The van der Waals surface area contributed by atoms with Gasteiger partial charge in [0.05, 0.1) is 26.7 Å². The zero-order valence-corrected chi connectivity index (χ0v) is 21.4. The van der Waals surface area contributed by atoms with E-state index in [0.717, 1.165) is 56.8 Å². The number of benzene rings is 2. The number of methoxy groups -OCH3 is 1. The molecule has 0 aliphatic heterocycles. The van der Waals surface area contributed by atoms with Crippen molar-refractivity contribution in [3.63, 3.8) is 0 Å². The number of unbranched alkanes of at least 4 members (excludes halogenated alkanes) is 6. The second-order valence-electron chi connectivity index (χ2n) is 8.67. The quantitative estimate of drug-likeness (QED) is 0.204. The molecular weight excluding hydrogens is 442 g/mol. The normalized spacial score (nSPS) is 10.6. The molecule has 1 amide bonds. The minimum atomic E-state index is -0.332. The summed E-state index contributed by atoms with van der Waals surface area (Å²) in [5.74, 6) is 1.30. The lowest BCUT2D eigenvalue weighted by molar-refractivity contribution is -0.140. The van der Waals surface area contributed by atoms with Gasteiger partial charge >= 0.3 is 5.97 Å². The molecule has 2 aromatic rings. The van der Waals surface area contributed by atoms with E-state index in [1.54, 1.807) is 0 Å². The van der Waals surface area contributed by atoms with E-state index in [0.29, 0.717) is 5.56 Å². The molecule has 0 unspecified atom stereocenters. The van der Waals surface area contributed by atoms with Gasteiger partial charge in [-0.3, -0.25) is 9.59 Å². The van der Waals surface area contributed by atoms with Gasteiger partial charge in [0.15, 0.2) is 0 Å². The number of carbonyl (C=O) groups is 2. The second kappa shape index (κ2) is 17.4. The third kappa shape index (κ3) is 12.3. The molecule has 35 heavy (non-hydrogen) atoms. The number of nitrogens with one attached hydrogen (secondary N) is 1. The van der Waals surface area contributed by atoms with Gasteiger partial charge in [-0.1, -0.05) is 51.2 Å². The Labute approximate surface area is 210 Å². The highest BCUT2D eigenvalue weighted by Crippen LogP contribution is 2.18. The van der Waals surface area contributed by atoms with Crippen LogP contribution in [0.25, 0.3) is 0 Å². The maximum absolute atomic E-state index is 12.1. The number of hydrogen-bond donors (Lipinski definition) is 1. The zero-order valence-electron chi connectivity index (χ0n) is 21.4.